The van der Waals surface area contributed by atoms with Gasteiger partial charge in [0.25, 0.3) is 0 Å². The molecule has 0 aliphatic heterocycles. The summed E-state index contributed by atoms with van der Waals surface area (Å²) in [5.74, 6) is -0.299. The average molecular weight is 329 g/mol. The van der Waals surface area contributed by atoms with Crippen LogP contribution in [-0.2, 0) is 22.6 Å². The molecule has 0 unspecified atom stereocenters. The first-order valence-electron chi connectivity index (χ1n) is 7.00. The second kappa shape index (κ2) is 6.57. The SMILES string of the molecule is CNC(=O)Cc1csc(NC(=O)Cn2cnc3ccccc32)n1. The predicted molar refractivity (Wildman–Crippen MR) is 88.2 cm³/mol. The summed E-state index contributed by atoms with van der Waals surface area (Å²) in [6.07, 6.45) is 1.85. The van der Waals surface area contributed by atoms with Crippen molar-refractivity contribution in [2.24, 2.45) is 0 Å². The Morgan fingerprint density at radius 3 is 2.91 bits per heavy atom. The molecule has 8 heteroatoms. The van der Waals surface area contributed by atoms with Gasteiger partial charge >= 0.3 is 0 Å². The number of carbonyl (C=O) groups excluding carboxylic acids is 2. The van der Waals surface area contributed by atoms with E-state index in [-0.39, 0.29) is 24.8 Å². The van der Waals surface area contributed by atoms with Crippen molar-refractivity contribution in [3.63, 3.8) is 0 Å². The van der Waals surface area contributed by atoms with Crippen LogP contribution in [0.5, 0.6) is 0 Å². The molecule has 0 aliphatic carbocycles. The maximum atomic E-state index is 12.1. The molecule has 0 bridgehead atoms. The normalized spacial score (nSPS) is 10.7. The summed E-state index contributed by atoms with van der Waals surface area (Å²) in [7, 11) is 1.58. The molecule has 1 aromatic carbocycles. The first-order valence-corrected chi connectivity index (χ1v) is 7.88. The van der Waals surface area contributed by atoms with E-state index in [0.717, 1.165) is 11.0 Å². The van der Waals surface area contributed by atoms with E-state index in [0.29, 0.717) is 10.8 Å². The minimum absolute atomic E-state index is 0.113. The van der Waals surface area contributed by atoms with Gasteiger partial charge in [0.2, 0.25) is 11.8 Å². The summed E-state index contributed by atoms with van der Waals surface area (Å²) in [6.45, 7) is 0.158. The van der Waals surface area contributed by atoms with Crippen LogP contribution in [0.15, 0.2) is 36.0 Å². The van der Waals surface area contributed by atoms with Crippen LogP contribution in [0.25, 0.3) is 11.0 Å². The summed E-state index contributed by atoms with van der Waals surface area (Å²) in [5, 5.41) is 7.53. The molecule has 2 N–H and O–H groups in total. The van der Waals surface area contributed by atoms with Gasteiger partial charge in [0, 0.05) is 12.4 Å². The lowest BCUT2D eigenvalue weighted by Gasteiger charge is -2.04. The number of imidazole rings is 1. The average Bonchev–Trinajstić information content (AvgIpc) is 3.15. The summed E-state index contributed by atoms with van der Waals surface area (Å²) in [5.41, 5.74) is 2.39. The van der Waals surface area contributed by atoms with Crippen molar-refractivity contribution in [2.45, 2.75) is 13.0 Å². The minimum Gasteiger partial charge on any atom is -0.359 e. The fourth-order valence-electron chi connectivity index (χ4n) is 2.15. The molecular weight excluding hydrogens is 314 g/mol. The van der Waals surface area contributed by atoms with Crippen molar-refractivity contribution >= 4 is 39.3 Å². The predicted octanol–water partition coefficient (Wildman–Crippen LogP) is 1.42. The molecule has 0 radical (unpaired) electrons. The number of hydrogen-bond acceptors (Lipinski definition) is 5. The molecule has 0 aliphatic rings. The van der Waals surface area contributed by atoms with E-state index >= 15 is 0 Å². The van der Waals surface area contributed by atoms with Crippen LogP contribution in [0.2, 0.25) is 0 Å². The quantitative estimate of drug-likeness (QED) is 0.741. The number of aromatic nitrogens is 3. The standard InChI is InChI=1S/C15H15N5O2S/c1-16-13(21)6-10-8-23-15(18-10)19-14(22)7-20-9-17-11-4-2-3-5-12(11)20/h2-5,8-9H,6-7H2,1H3,(H,16,21)(H,18,19,22). The number of thiazole rings is 1. The van der Waals surface area contributed by atoms with Gasteiger partial charge in [-0.25, -0.2) is 9.97 Å². The Morgan fingerprint density at radius 2 is 2.09 bits per heavy atom. The van der Waals surface area contributed by atoms with E-state index in [2.05, 4.69) is 20.6 Å². The smallest absolute Gasteiger partial charge is 0.246 e. The van der Waals surface area contributed by atoms with Crippen molar-refractivity contribution in [1.29, 1.82) is 0 Å². The highest BCUT2D eigenvalue weighted by Crippen LogP contribution is 2.16. The Morgan fingerprint density at radius 1 is 1.26 bits per heavy atom. The number of nitrogens with zero attached hydrogens (tertiary/aromatic N) is 3. The molecule has 7 nitrogen and oxygen atoms in total. The van der Waals surface area contributed by atoms with Crippen molar-refractivity contribution in [2.75, 3.05) is 12.4 Å². The molecule has 0 fully saturated rings. The zero-order valence-corrected chi connectivity index (χ0v) is 13.3. The molecule has 23 heavy (non-hydrogen) atoms. The molecule has 0 saturated carbocycles. The minimum atomic E-state index is -0.186. The highest BCUT2D eigenvalue weighted by molar-refractivity contribution is 7.13. The second-order valence-electron chi connectivity index (χ2n) is 4.90. The lowest BCUT2D eigenvalue weighted by Crippen LogP contribution is -2.20. The number of nitrogens with one attached hydrogen (secondary N) is 2. The van der Waals surface area contributed by atoms with Gasteiger partial charge in [-0.15, -0.1) is 11.3 Å². The van der Waals surface area contributed by atoms with E-state index in [1.54, 1.807) is 23.3 Å². The Labute approximate surface area is 136 Å². The Hall–Kier alpha value is -2.74. The number of hydrogen-bond donors (Lipinski definition) is 2. The Balaban J connectivity index is 1.64. The van der Waals surface area contributed by atoms with E-state index in [1.807, 2.05) is 24.3 Å². The van der Waals surface area contributed by atoms with Gasteiger partial charge in [0.15, 0.2) is 5.13 Å². The topological polar surface area (TPSA) is 88.9 Å². The number of anilines is 1. The van der Waals surface area contributed by atoms with Gasteiger partial charge in [0.1, 0.15) is 6.54 Å². The number of fused-ring (bicyclic) bond motifs is 1. The zero-order chi connectivity index (χ0) is 16.2. The molecule has 0 spiro atoms. The van der Waals surface area contributed by atoms with E-state index in [9.17, 15) is 9.59 Å². The van der Waals surface area contributed by atoms with Crippen LogP contribution in [0.4, 0.5) is 5.13 Å². The lowest BCUT2D eigenvalue weighted by molar-refractivity contribution is -0.120. The molecule has 2 amide bonds. The molecule has 2 aromatic heterocycles. The van der Waals surface area contributed by atoms with Crippen LogP contribution in [0.1, 0.15) is 5.69 Å². The van der Waals surface area contributed by atoms with E-state index < -0.39 is 0 Å². The summed E-state index contributed by atoms with van der Waals surface area (Å²) < 4.78 is 1.78. The van der Waals surface area contributed by atoms with Gasteiger partial charge in [-0.3, -0.25) is 9.59 Å². The zero-order valence-electron chi connectivity index (χ0n) is 12.4. The van der Waals surface area contributed by atoms with Gasteiger partial charge in [-0.2, -0.15) is 0 Å². The van der Waals surface area contributed by atoms with Crippen LogP contribution in [0, 0.1) is 0 Å². The number of benzene rings is 1. The van der Waals surface area contributed by atoms with Gasteiger partial charge in [-0.05, 0) is 12.1 Å². The van der Waals surface area contributed by atoms with Crippen LogP contribution in [0.3, 0.4) is 0 Å². The Kier molecular flexibility index (Phi) is 4.33. The number of para-hydroxylation sites is 2. The molecular formula is C15H15N5O2S. The maximum Gasteiger partial charge on any atom is 0.246 e. The molecule has 2 heterocycles. The third kappa shape index (κ3) is 3.54. The van der Waals surface area contributed by atoms with Gasteiger partial charge in [-0.1, -0.05) is 12.1 Å². The van der Waals surface area contributed by atoms with Gasteiger partial charge < -0.3 is 15.2 Å². The lowest BCUT2D eigenvalue weighted by atomic mass is 10.3. The monoisotopic (exact) mass is 329 g/mol. The highest BCUT2D eigenvalue weighted by atomic mass is 32.1. The molecule has 0 atom stereocenters. The third-order valence-corrected chi connectivity index (χ3v) is 4.07. The van der Waals surface area contributed by atoms with Crippen LogP contribution < -0.4 is 10.6 Å². The number of amides is 2. The fraction of sp³-hybridized carbons (Fsp3) is 0.200. The summed E-state index contributed by atoms with van der Waals surface area (Å²) in [4.78, 5) is 31.9. The second-order valence-corrected chi connectivity index (χ2v) is 5.76. The number of rotatable bonds is 5. The van der Waals surface area contributed by atoms with Gasteiger partial charge in [0.05, 0.1) is 29.5 Å². The maximum absolute atomic E-state index is 12.1. The molecule has 3 aromatic rings. The first kappa shape index (κ1) is 15.2. The highest BCUT2D eigenvalue weighted by Gasteiger charge is 2.11. The van der Waals surface area contributed by atoms with E-state index in [1.165, 1.54) is 11.3 Å². The number of likely N-dealkylation sites (N-methyl/N-ethyl adjacent to an activating group) is 1. The Bertz CT molecular complexity index is 854. The summed E-state index contributed by atoms with van der Waals surface area (Å²) in [6, 6.07) is 7.63. The third-order valence-electron chi connectivity index (χ3n) is 3.26. The molecule has 0 saturated heterocycles. The van der Waals surface area contributed by atoms with E-state index in [4.69, 9.17) is 0 Å². The molecule has 3 rings (SSSR count). The summed E-state index contributed by atoms with van der Waals surface area (Å²) >= 11 is 1.30. The van der Waals surface area contributed by atoms with Crippen molar-refractivity contribution in [3.05, 3.63) is 41.7 Å². The number of carbonyl (C=O) groups is 2. The first-order chi connectivity index (χ1) is 11.2. The van der Waals surface area contributed by atoms with Crippen molar-refractivity contribution in [3.8, 4) is 0 Å². The van der Waals surface area contributed by atoms with Crippen LogP contribution in [-0.4, -0.2) is 33.4 Å². The van der Waals surface area contributed by atoms with Crippen molar-refractivity contribution in [1.82, 2.24) is 19.9 Å². The molecule has 118 valence electrons. The van der Waals surface area contributed by atoms with Crippen LogP contribution >= 0.6 is 11.3 Å². The largest absolute Gasteiger partial charge is 0.359 e. The van der Waals surface area contributed by atoms with Crippen molar-refractivity contribution < 1.29 is 9.59 Å². The fourth-order valence-corrected chi connectivity index (χ4v) is 2.87.